The van der Waals surface area contributed by atoms with E-state index >= 15 is 0 Å². The molecule has 0 spiro atoms. The number of hydrogen-bond donors (Lipinski definition) is 2. The Bertz CT molecular complexity index is 796. The van der Waals surface area contributed by atoms with Gasteiger partial charge in [0.1, 0.15) is 0 Å². The number of rotatable bonds is 5. The number of benzene rings is 1. The second kappa shape index (κ2) is 9.63. The van der Waals surface area contributed by atoms with Gasteiger partial charge in [-0.15, -0.1) is 24.8 Å². The number of fused-ring (bicyclic) bond motifs is 1. The average Bonchev–Trinajstić information content (AvgIpc) is 3.37. The summed E-state index contributed by atoms with van der Waals surface area (Å²) in [5.41, 5.74) is 3.85. The fourth-order valence-electron chi connectivity index (χ4n) is 4.25. The first-order valence-corrected chi connectivity index (χ1v) is 9.45. The van der Waals surface area contributed by atoms with E-state index in [2.05, 4.69) is 51.8 Å². The van der Waals surface area contributed by atoms with Crippen LogP contribution in [0.5, 0.6) is 0 Å². The number of aromatic nitrogens is 2. The standard InChI is InChI=1S/C20H27N5O.2ClH/c1-14(25-8-7-15-5-3-4-6-19(15)25)9-22-20(26)18-12-21-11-17(18)16-10-23-24(2)13-16;;/h3-6,10,13-14,17-18,21H,7-9,11-12H2,1-2H3,(H,22,26);2*1H/t14?,17-,18+;;/m1../s1. The number of carbonyl (C=O) groups is 1. The van der Waals surface area contributed by atoms with Gasteiger partial charge < -0.3 is 15.5 Å². The number of halogens is 2. The van der Waals surface area contributed by atoms with E-state index in [9.17, 15) is 4.79 Å². The lowest BCUT2D eigenvalue weighted by Crippen LogP contribution is -2.44. The zero-order chi connectivity index (χ0) is 18.1. The number of amides is 1. The topological polar surface area (TPSA) is 62.2 Å². The molecular weight excluding hydrogens is 397 g/mol. The zero-order valence-corrected chi connectivity index (χ0v) is 17.9. The second-order valence-electron chi connectivity index (χ2n) is 7.48. The Morgan fingerprint density at radius 1 is 1.32 bits per heavy atom. The number of para-hydroxylation sites is 1. The molecule has 2 aliphatic heterocycles. The van der Waals surface area contributed by atoms with Crippen molar-refractivity contribution >= 4 is 36.4 Å². The first-order valence-electron chi connectivity index (χ1n) is 9.45. The van der Waals surface area contributed by atoms with Crippen molar-refractivity contribution in [2.75, 3.05) is 31.1 Å². The van der Waals surface area contributed by atoms with Gasteiger partial charge in [-0.05, 0) is 30.5 Å². The molecule has 2 aromatic rings. The van der Waals surface area contributed by atoms with E-state index in [0.717, 1.165) is 31.6 Å². The van der Waals surface area contributed by atoms with Crippen LogP contribution in [0.1, 0.15) is 24.0 Å². The molecule has 1 fully saturated rings. The van der Waals surface area contributed by atoms with Crippen LogP contribution in [0.15, 0.2) is 36.7 Å². The minimum absolute atomic E-state index is 0. The molecule has 1 aromatic heterocycles. The van der Waals surface area contributed by atoms with Crippen LogP contribution in [0.25, 0.3) is 0 Å². The van der Waals surface area contributed by atoms with E-state index in [1.54, 1.807) is 4.68 Å². The van der Waals surface area contributed by atoms with Gasteiger partial charge in [-0.1, -0.05) is 18.2 Å². The molecule has 28 heavy (non-hydrogen) atoms. The quantitative estimate of drug-likeness (QED) is 0.769. The molecule has 4 rings (SSSR count). The lowest BCUT2D eigenvalue weighted by atomic mass is 9.90. The minimum Gasteiger partial charge on any atom is -0.366 e. The maximum Gasteiger partial charge on any atom is 0.225 e. The predicted molar refractivity (Wildman–Crippen MR) is 117 cm³/mol. The number of nitrogens with one attached hydrogen (secondary N) is 2. The summed E-state index contributed by atoms with van der Waals surface area (Å²) in [4.78, 5) is 15.2. The summed E-state index contributed by atoms with van der Waals surface area (Å²) < 4.78 is 1.80. The third-order valence-electron chi connectivity index (χ3n) is 5.73. The molecule has 154 valence electrons. The van der Waals surface area contributed by atoms with Gasteiger partial charge in [0.05, 0.1) is 12.1 Å². The molecule has 0 radical (unpaired) electrons. The van der Waals surface area contributed by atoms with Crippen LogP contribution in [0, 0.1) is 5.92 Å². The van der Waals surface area contributed by atoms with E-state index in [-0.39, 0.29) is 48.6 Å². The fraction of sp³-hybridized carbons (Fsp3) is 0.500. The summed E-state index contributed by atoms with van der Waals surface area (Å²) in [5, 5.41) is 10.8. The number of hydrogen-bond acceptors (Lipinski definition) is 4. The molecule has 6 nitrogen and oxygen atoms in total. The third-order valence-corrected chi connectivity index (χ3v) is 5.73. The SMILES string of the molecule is CC(CNC(=O)[C@H]1CNC[C@@H]1c1cnn(C)c1)N1CCc2ccccc21.Cl.Cl. The van der Waals surface area contributed by atoms with Crippen molar-refractivity contribution in [2.24, 2.45) is 13.0 Å². The molecule has 1 saturated heterocycles. The fourth-order valence-corrected chi connectivity index (χ4v) is 4.25. The van der Waals surface area contributed by atoms with Crippen LogP contribution in [0.4, 0.5) is 5.69 Å². The van der Waals surface area contributed by atoms with Crippen molar-refractivity contribution in [1.82, 2.24) is 20.4 Å². The van der Waals surface area contributed by atoms with Crippen LogP contribution < -0.4 is 15.5 Å². The van der Waals surface area contributed by atoms with Crippen molar-refractivity contribution in [1.29, 1.82) is 0 Å². The van der Waals surface area contributed by atoms with E-state index in [4.69, 9.17) is 0 Å². The molecule has 2 aliphatic rings. The van der Waals surface area contributed by atoms with Crippen LogP contribution in [0.2, 0.25) is 0 Å². The number of aryl methyl sites for hydroxylation is 1. The first kappa shape index (κ1) is 22.5. The van der Waals surface area contributed by atoms with Crippen molar-refractivity contribution in [2.45, 2.75) is 25.3 Å². The average molecular weight is 426 g/mol. The molecule has 0 saturated carbocycles. The van der Waals surface area contributed by atoms with E-state index in [1.807, 2.05) is 19.4 Å². The second-order valence-corrected chi connectivity index (χ2v) is 7.48. The van der Waals surface area contributed by atoms with Gasteiger partial charge in [0, 0.05) is 57.1 Å². The molecule has 1 unspecified atom stereocenters. The van der Waals surface area contributed by atoms with Gasteiger partial charge in [0.2, 0.25) is 5.91 Å². The van der Waals surface area contributed by atoms with Gasteiger partial charge in [-0.25, -0.2) is 0 Å². The minimum atomic E-state index is -0.0303. The summed E-state index contributed by atoms with van der Waals surface area (Å²) >= 11 is 0. The van der Waals surface area contributed by atoms with Crippen LogP contribution >= 0.6 is 24.8 Å². The highest BCUT2D eigenvalue weighted by Gasteiger charge is 2.35. The highest BCUT2D eigenvalue weighted by Crippen LogP contribution is 2.30. The number of nitrogens with zero attached hydrogens (tertiary/aromatic N) is 3. The van der Waals surface area contributed by atoms with Crippen molar-refractivity contribution < 1.29 is 4.79 Å². The van der Waals surface area contributed by atoms with Crippen molar-refractivity contribution in [3.8, 4) is 0 Å². The van der Waals surface area contributed by atoms with Gasteiger partial charge >= 0.3 is 0 Å². The lowest BCUT2D eigenvalue weighted by molar-refractivity contribution is -0.124. The van der Waals surface area contributed by atoms with E-state index in [0.29, 0.717) is 6.54 Å². The van der Waals surface area contributed by atoms with Crippen LogP contribution in [-0.2, 0) is 18.3 Å². The monoisotopic (exact) mass is 425 g/mol. The molecule has 3 atom stereocenters. The Balaban J connectivity index is 0.00000140. The maximum absolute atomic E-state index is 12.8. The van der Waals surface area contributed by atoms with Gasteiger partial charge in [0.25, 0.3) is 0 Å². The van der Waals surface area contributed by atoms with E-state index in [1.165, 1.54) is 11.3 Å². The molecule has 1 aromatic carbocycles. The molecule has 8 heteroatoms. The maximum atomic E-state index is 12.8. The summed E-state index contributed by atoms with van der Waals surface area (Å²) in [7, 11) is 1.91. The highest BCUT2D eigenvalue weighted by atomic mass is 35.5. The summed E-state index contributed by atoms with van der Waals surface area (Å²) in [5.74, 6) is 0.312. The third kappa shape index (κ3) is 4.45. The predicted octanol–water partition coefficient (Wildman–Crippen LogP) is 2.13. The highest BCUT2D eigenvalue weighted by molar-refractivity contribution is 5.85. The lowest BCUT2D eigenvalue weighted by Gasteiger charge is -2.28. The Morgan fingerprint density at radius 3 is 2.86 bits per heavy atom. The van der Waals surface area contributed by atoms with Crippen LogP contribution in [0.3, 0.4) is 0 Å². The van der Waals surface area contributed by atoms with E-state index < -0.39 is 0 Å². The summed E-state index contributed by atoms with van der Waals surface area (Å²) in [6, 6.07) is 8.85. The van der Waals surface area contributed by atoms with Gasteiger partial charge in [-0.2, -0.15) is 5.10 Å². The Hall–Kier alpha value is -1.76. The molecule has 0 bridgehead atoms. The Labute approximate surface area is 178 Å². The van der Waals surface area contributed by atoms with Crippen molar-refractivity contribution in [3.05, 3.63) is 47.8 Å². The Kier molecular flexibility index (Phi) is 7.75. The molecule has 0 aliphatic carbocycles. The Morgan fingerprint density at radius 2 is 2.11 bits per heavy atom. The molecule has 3 heterocycles. The normalized spacial score (nSPS) is 21.4. The number of carbonyl (C=O) groups excluding carboxylic acids is 1. The largest absolute Gasteiger partial charge is 0.366 e. The molecular formula is C20H29Cl2N5O. The number of anilines is 1. The van der Waals surface area contributed by atoms with Gasteiger partial charge in [0.15, 0.2) is 0 Å². The van der Waals surface area contributed by atoms with Crippen LogP contribution in [-0.4, -0.2) is 47.9 Å². The van der Waals surface area contributed by atoms with Crippen molar-refractivity contribution in [3.63, 3.8) is 0 Å². The molecule has 1 amide bonds. The molecule has 2 N–H and O–H groups in total. The first-order chi connectivity index (χ1) is 12.6. The zero-order valence-electron chi connectivity index (χ0n) is 16.3. The summed E-state index contributed by atoms with van der Waals surface area (Å²) in [6.07, 6.45) is 4.98. The van der Waals surface area contributed by atoms with Gasteiger partial charge in [-0.3, -0.25) is 9.48 Å². The summed E-state index contributed by atoms with van der Waals surface area (Å²) in [6.45, 7) is 5.45. The smallest absolute Gasteiger partial charge is 0.225 e.